The first-order chi connectivity index (χ1) is 8.38. The first kappa shape index (κ1) is 11.2. The van der Waals surface area contributed by atoms with Crippen molar-refractivity contribution in [3.8, 4) is 0 Å². The van der Waals surface area contributed by atoms with E-state index in [1.807, 2.05) is 0 Å². The van der Waals surface area contributed by atoms with Gasteiger partial charge in [-0.15, -0.1) is 0 Å². The summed E-state index contributed by atoms with van der Waals surface area (Å²) in [5, 5.41) is 3.68. The molecule has 1 atom stereocenters. The van der Waals surface area contributed by atoms with E-state index in [9.17, 15) is 0 Å². The molecule has 3 rings (SSSR count). The van der Waals surface area contributed by atoms with Crippen LogP contribution in [0.4, 0.5) is 0 Å². The van der Waals surface area contributed by atoms with Crippen molar-refractivity contribution < 1.29 is 0 Å². The predicted octanol–water partition coefficient (Wildman–Crippen LogP) is 2.36. The van der Waals surface area contributed by atoms with Gasteiger partial charge in [-0.3, -0.25) is 4.90 Å². The van der Waals surface area contributed by atoms with E-state index in [0.717, 1.165) is 12.6 Å². The molecule has 1 aliphatic carbocycles. The Hall–Kier alpha value is -0.860. The number of likely N-dealkylation sites (N-methyl/N-ethyl adjacent to an activating group) is 1. The molecule has 1 heterocycles. The molecule has 2 aliphatic rings. The number of rotatable bonds is 4. The minimum Gasteiger partial charge on any atom is -0.309 e. The second-order valence-corrected chi connectivity index (χ2v) is 5.27. The molecule has 1 N–H and O–H groups in total. The minimum absolute atomic E-state index is 0.542. The van der Waals surface area contributed by atoms with Crippen molar-refractivity contribution in [2.24, 2.45) is 0 Å². The summed E-state index contributed by atoms with van der Waals surface area (Å²) >= 11 is 0. The lowest BCUT2D eigenvalue weighted by atomic mass is 9.94. The molecule has 17 heavy (non-hydrogen) atoms. The molecule has 2 heteroatoms. The highest BCUT2D eigenvalue weighted by atomic mass is 15.2. The molecule has 0 amide bonds. The molecule has 1 fully saturated rings. The van der Waals surface area contributed by atoms with E-state index in [4.69, 9.17) is 0 Å². The summed E-state index contributed by atoms with van der Waals surface area (Å²) < 4.78 is 0. The third-order valence-corrected chi connectivity index (χ3v) is 4.10. The molecule has 1 aromatic rings. The first-order valence-electron chi connectivity index (χ1n) is 6.93. The Morgan fingerprint density at radius 1 is 1.29 bits per heavy atom. The van der Waals surface area contributed by atoms with Gasteiger partial charge in [0.25, 0.3) is 0 Å². The van der Waals surface area contributed by atoms with E-state index in [-0.39, 0.29) is 0 Å². The summed E-state index contributed by atoms with van der Waals surface area (Å²) in [6.07, 6.45) is 3.99. The van der Waals surface area contributed by atoms with Crippen LogP contribution in [0.5, 0.6) is 0 Å². The lowest BCUT2D eigenvalue weighted by Crippen LogP contribution is -2.39. The van der Waals surface area contributed by atoms with Crippen molar-refractivity contribution in [2.45, 2.75) is 38.3 Å². The number of hydrogen-bond acceptors (Lipinski definition) is 2. The van der Waals surface area contributed by atoms with Crippen LogP contribution < -0.4 is 5.32 Å². The lowest BCUT2D eigenvalue weighted by molar-refractivity contribution is 0.241. The fourth-order valence-electron chi connectivity index (χ4n) is 2.97. The third kappa shape index (κ3) is 2.38. The Balaban J connectivity index is 1.75. The van der Waals surface area contributed by atoms with Crippen LogP contribution in [0, 0.1) is 0 Å². The van der Waals surface area contributed by atoms with Gasteiger partial charge in [0, 0.05) is 18.6 Å². The number of hydrogen-bond donors (Lipinski definition) is 1. The van der Waals surface area contributed by atoms with Gasteiger partial charge in [-0.25, -0.2) is 0 Å². The van der Waals surface area contributed by atoms with Gasteiger partial charge in [-0.1, -0.05) is 31.2 Å². The summed E-state index contributed by atoms with van der Waals surface area (Å²) in [5.74, 6) is 0. The zero-order chi connectivity index (χ0) is 11.7. The van der Waals surface area contributed by atoms with Crippen molar-refractivity contribution in [3.63, 3.8) is 0 Å². The highest BCUT2D eigenvalue weighted by Gasteiger charge is 2.30. The van der Waals surface area contributed by atoms with Crippen molar-refractivity contribution in [1.82, 2.24) is 10.2 Å². The zero-order valence-corrected chi connectivity index (χ0v) is 10.7. The number of nitrogens with one attached hydrogen (secondary N) is 1. The van der Waals surface area contributed by atoms with Gasteiger partial charge >= 0.3 is 0 Å². The topological polar surface area (TPSA) is 15.3 Å². The van der Waals surface area contributed by atoms with Crippen molar-refractivity contribution in [2.75, 3.05) is 19.6 Å². The largest absolute Gasteiger partial charge is 0.309 e. The van der Waals surface area contributed by atoms with E-state index >= 15 is 0 Å². The van der Waals surface area contributed by atoms with E-state index in [2.05, 4.69) is 41.4 Å². The van der Waals surface area contributed by atoms with Crippen LogP contribution in [0.25, 0.3) is 0 Å². The third-order valence-electron chi connectivity index (χ3n) is 4.10. The van der Waals surface area contributed by atoms with E-state index in [1.165, 1.54) is 37.9 Å². The lowest BCUT2D eigenvalue weighted by Gasteiger charge is -2.31. The highest BCUT2D eigenvalue weighted by molar-refractivity contribution is 5.32. The van der Waals surface area contributed by atoms with Crippen molar-refractivity contribution >= 4 is 0 Å². The van der Waals surface area contributed by atoms with Gasteiger partial charge in [-0.2, -0.15) is 0 Å². The SMILES string of the molecule is CCN(CC1NCCc2ccccc21)C1CC1. The maximum atomic E-state index is 3.68. The van der Waals surface area contributed by atoms with Crippen LogP contribution in [0.2, 0.25) is 0 Å². The van der Waals surface area contributed by atoms with Crippen LogP contribution in [0.15, 0.2) is 24.3 Å². The molecular weight excluding hydrogens is 208 g/mol. The fraction of sp³-hybridized carbons (Fsp3) is 0.600. The van der Waals surface area contributed by atoms with Gasteiger partial charge in [0.05, 0.1) is 0 Å². The molecule has 0 spiro atoms. The Morgan fingerprint density at radius 2 is 2.12 bits per heavy atom. The van der Waals surface area contributed by atoms with E-state index in [0.29, 0.717) is 6.04 Å². The number of benzene rings is 1. The average Bonchev–Trinajstić information content (AvgIpc) is 3.20. The second-order valence-electron chi connectivity index (χ2n) is 5.27. The number of nitrogens with zero attached hydrogens (tertiary/aromatic N) is 1. The molecule has 0 saturated heterocycles. The predicted molar refractivity (Wildman–Crippen MR) is 71.2 cm³/mol. The van der Waals surface area contributed by atoms with Crippen LogP contribution in [-0.2, 0) is 6.42 Å². The van der Waals surface area contributed by atoms with Gasteiger partial charge in [0.15, 0.2) is 0 Å². The summed E-state index contributed by atoms with van der Waals surface area (Å²) in [4.78, 5) is 2.64. The Morgan fingerprint density at radius 3 is 2.88 bits per heavy atom. The van der Waals surface area contributed by atoms with Gasteiger partial charge < -0.3 is 5.32 Å². The smallest absolute Gasteiger partial charge is 0.0452 e. The number of fused-ring (bicyclic) bond motifs is 1. The normalized spacial score (nSPS) is 23.8. The van der Waals surface area contributed by atoms with E-state index in [1.54, 1.807) is 5.56 Å². The fourth-order valence-corrected chi connectivity index (χ4v) is 2.97. The molecule has 1 saturated carbocycles. The standard InChI is InChI=1S/C15H22N2/c1-2-17(13-7-8-13)11-15-14-6-4-3-5-12(14)9-10-16-15/h3-6,13,15-16H,2,7-11H2,1H3. The molecule has 1 aromatic carbocycles. The van der Waals surface area contributed by atoms with Crippen LogP contribution in [0.1, 0.15) is 36.9 Å². The maximum absolute atomic E-state index is 3.68. The first-order valence-corrected chi connectivity index (χ1v) is 6.93. The van der Waals surface area contributed by atoms with Crippen LogP contribution in [-0.4, -0.2) is 30.6 Å². The van der Waals surface area contributed by atoms with Crippen LogP contribution in [0.3, 0.4) is 0 Å². The highest BCUT2D eigenvalue weighted by Crippen LogP contribution is 2.30. The van der Waals surface area contributed by atoms with Crippen LogP contribution >= 0.6 is 0 Å². The monoisotopic (exact) mass is 230 g/mol. The summed E-state index contributed by atoms with van der Waals surface area (Å²) in [7, 11) is 0. The summed E-state index contributed by atoms with van der Waals surface area (Å²) in [6.45, 7) is 5.78. The van der Waals surface area contributed by atoms with Crippen molar-refractivity contribution in [3.05, 3.63) is 35.4 Å². The minimum atomic E-state index is 0.542. The van der Waals surface area contributed by atoms with E-state index < -0.39 is 0 Å². The molecule has 1 aliphatic heterocycles. The summed E-state index contributed by atoms with van der Waals surface area (Å²) in [6, 6.07) is 10.3. The van der Waals surface area contributed by atoms with Gasteiger partial charge in [0.2, 0.25) is 0 Å². The Bertz CT molecular complexity index is 384. The molecule has 2 nitrogen and oxygen atoms in total. The molecule has 0 aromatic heterocycles. The average molecular weight is 230 g/mol. The van der Waals surface area contributed by atoms with Gasteiger partial charge in [0.1, 0.15) is 0 Å². The molecule has 0 radical (unpaired) electrons. The summed E-state index contributed by atoms with van der Waals surface area (Å²) in [5.41, 5.74) is 3.07. The Labute approximate surface area is 104 Å². The quantitative estimate of drug-likeness (QED) is 0.854. The maximum Gasteiger partial charge on any atom is 0.0452 e. The second kappa shape index (κ2) is 4.79. The zero-order valence-electron chi connectivity index (χ0n) is 10.7. The molecule has 0 bridgehead atoms. The molecular formula is C15H22N2. The van der Waals surface area contributed by atoms with Gasteiger partial charge in [-0.05, 0) is 43.5 Å². The molecule has 92 valence electrons. The van der Waals surface area contributed by atoms with Crippen molar-refractivity contribution in [1.29, 1.82) is 0 Å². The molecule has 1 unspecified atom stereocenters. The Kier molecular flexibility index (Phi) is 3.17.